The third-order valence-electron chi connectivity index (χ3n) is 6.61. The number of carbonyl (C=O) groups excluding carboxylic acids is 1. The first-order chi connectivity index (χ1) is 16.8. The van der Waals surface area contributed by atoms with Crippen molar-refractivity contribution in [1.82, 2.24) is 5.32 Å². The number of hydrogen-bond acceptors (Lipinski definition) is 5. The van der Waals surface area contributed by atoms with E-state index in [9.17, 15) is 19.8 Å². The first-order valence-electron chi connectivity index (χ1n) is 11.9. The van der Waals surface area contributed by atoms with Crippen molar-refractivity contribution in [1.29, 1.82) is 0 Å². The van der Waals surface area contributed by atoms with Crippen molar-refractivity contribution in [3.63, 3.8) is 0 Å². The molecule has 0 aliphatic rings. The molecule has 0 aliphatic heterocycles. The summed E-state index contributed by atoms with van der Waals surface area (Å²) in [5.41, 5.74) is 0.852. The number of benzene rings is 3. The summed E-state index contributed by atoms with van der Waals surface area (Å²) >= 11 is 0. The van der Waals surface area contributed by atoms with E-state index in [2.05, 4.69) is 5.32 Å². The molecule has 3 aromatic rings. The van der Waals surface area contributed by atoms with Gasteiger partial charge in [-0.3, -0.25) is 0 Å². The highest BCUT2D eigenvalue weighted by atomic mass is 28.4. The summed E-state index contributed by atoms with van der Waals surface area (Å²) in [7, 11) is -3.23. The lowest BCUT2D eigenvalue weighted by Gasteiger charge is -2.42. The van der Waals surface area contributed by atoms with Gasteiger partial charge in [-0.15, -0.1) is 0 Å². The lowest BCUT2D eigenvalue weighted by atomic mass is 9.99. The molecule has 0 spiro atoms. The van der Waals surface area contributed by atoms with Crippen LogP contribution in [0.15, 0.2) is 91.0 Å². The molecule has 0 saturated carbocycles. The predicted octanol–water partition coefficient (Wildman–Crippen LogP) is 2.95. The van der Waals surface area contributed by atoms with E-state index in [0.717, 1.165) is 15.9 Å². The zero-order valence-corrected chi connectivity index (χ0v) is 21.3. The molecule has 4 N–H and O–H groups in total. The van der Waals surface area contributed by atoms with Crippen LogP contribution >= 0.6 is 0 Å². The average Bonchev–Trinajstić information content (AvgIpc) is 2.90. The van der Waals surface area contributed by atoms with Gasteiger partial charge < -0.3 is 25.1 Å². The van der Waals surface area contributed by atoms with Crippen molar-refractivity contribution in [3.05, 3.63) is 96.6 Å². The molecule has 3 aromatic carbocycles. The minimum atomic E-state index is -3.23. The van der Waals surface area contributed by atoms with E-state index in [1.165, 1.54) is 0 Å². The average molecular weight is 494 g/mol. The van der Waals surface area contributed by atoms with Crippen molar-refractivity contribution < 1.29 is 24.5 Å². The molecule has 0 radical (unpaired) electrons. The smallest absolute Gasteiger partial charge is 0.407 e. The first-order valence-corrected chi connectivity index (χ1v) is 13.8. The van der Waals surface area contributed by atoms with E-state index in [1.54, 1.807) is 0 Å². The van der Waals surface area contributed by atoms with Gasteiger partial charge in [-0.1, -0.05) is 105 Å². The molecular formula is C28H35NO5Si. The number of amides is 1. The maximum absolute atomic E-state index is 12.4. The number of hydrogen-bond donors (Lipinski definition) is 4. The fourth-order valence-electron chi connectivity index (χ4n) is 4.41. The molecular weight excluding hydrogens is 458 g/mol. The Bertz CT molecular complexity index is 1010. The van der Waals surface area contributed by atoms with Crippen molar-refractivity contribution >= 4 is 24.8 Å². The van der Waals surface area contributed by atoms with E-state index in [-0.39, 0.29) is 6.61 Å². The normalized spacial score (nSPS) is 13.6. The molecule has 6 nitrogen and oxygen atoms in total. The van der Waals surface area contributed by atoms with E-state index in [4.69, 9.17) is 4.74 Å². The first kappa shape index (κ1) is 26.6. The summed E-state index contributed by atoms with van der Waals surface area (Å²) < 4.78 is 5.31. The van der Waals surface area contributed by atoms with Gasteiger partial charge in [-0.25, -0.2) is 4.79 Å². The Morgan fingerprint density at radius 3 is 1.89 bits per heavy atom. The molecule has 0 bridgehead atoms. The summed E-state index contributed by atoms with van der Waals surface area (Å²) in [6.07, 6.45) is -0.967. The largest absolute Gasteiger partial charge is 0.445 e. The highest BCUT2D eigenvalue weighted by Crippen LogP contribution is 2.40. The lowest BCUT2D eigenvalue weighted by Crippen LogP contribution is -2.65. The molecule has 2 atom stereocenters. The van der Waals surface area contributed by atoms with Gasteiger partial charge in [-0.2, -0.15) is 0 Å². The Kier molecular flexibility index (Phi) is 9.23. The van der Waals surface area contributed by atoms with Crippen LogP contribution in [0.3, 0.4) is 0 Å². The fourth-order valence-corrected chi connectivity index (χ4v) is 8.16. The van der Waals surface area contributed by atoms with Gasteiger partial charge in [0, 0.05) is 0 Å². The van der Waals surface area contributed by atoms with Gasteiger partial charge in [0.15, 0.2) is 0 Å². The summed E-state index contributed by atoms with van der Waals surface area (Å²) in [5.74, 6) is 0. The molecule has 0 fully saturated rings. The van der Waals surface area contributed by atoms with Gasteiger partial charge >= 0.3 is 6.09 Å². The molecule has 0 heterocycles. The van der Waals surface area contributed by atoms with Gasteiger partial charge in [0.1, 0.15) is 6.61 Å². The van der Waals surface area contributed by atoms with E-state index in [1.807, 2.05) is 105 Å². The van der Waals surface area contributed by atoms with E-state index in [0.29, 0.717) is 12.8 Å². The quantitative estimate of drug-likeness (QED) is 0.308. The molecule has 35 heavy (non-hydrogen) atoms. The monoisotopic (exact) mass is 493 g/mol. The Hall–Kier alpha value is -2.97. The second kappa shape index (κ2) is 12.1. The Balaban J connectivity index is 1.76. The number of alkyl carbamates (subject to hydrolysis) is 1. The van der Waals surface area contributed by atoms with Crippen LogP contribution in [-0.4, -0.2) is 48.2 Å². The second-order valence-electron chi connectivity index (χ2n) is 9.43. The Morgan fingerprint density at radius 2 is 1.40 bits per heavy atom. The van der Waals surface area contributed by atoms with Crippen LogP contribution in [0.4, 0.5) is 4.79 Å². The van der Waals surface area contributed by atoms with Crippen LogP contribution in [0.25, 0.3) is 0 Å². The third kappa shape index (κ3) is 6.58. The van der Waals surface area contributed by atoms with E-state index >= 15 is 0 Å². The number of aliphatic hydroxyl groups is 2. The Labute approximate surface area is 208 Å². The zero-order chi connectivity index (χ0) is 25.3. The number of aliphatic hydroxyl groups excluding tert-OH is 2. The molecule has 186 valence electrons. The zero-order valence-electron chi connectivity index (χ0n) is 20.3. The van der Waals surface area contributed by atoms with Crippen LogP contribution in [0.2, 0.25) is 5.04 Å². The SMILES string of the molecule is CC(C)(CC[C@@H](NC(=O)OCc1ccccc1)[C@H](O)CO)[Si](O)(c1ccccc1)c1ccccc1. The molecule has 0 aromatic heterocycles. The number of ether oxygens (including phenoxy) is 1. The van der Waals surface area contributed by atoms with Crippen molar-refractivity contribution in [2.24, 2.45) is 0 Å². The van der Waals surface area contributed by atoms with Crippen LogP contribution < -0.4 is 15.7 Å². The van der Waals surface area contributed by atoms with Crippen molar-refractivity contribution in [3.8, 4) is 0 Å². The van der Waals surface area contributed by atoms with Crippen LogP contribution in [-0.2, 0) is 11.3 Å². The van der Waals surface area contributed by atoms with Crippen molar-refractivity contribution in [2.45, 2.75) is 50.5 Å². The Morgan fingerprint density at radius 1 is 0.914 bits per heavy atom. The summed E-state index contributed by atoms with van der Waals surface area (Å²) in [6, 6.07) is 28.0. The minimum Gasteiger partial charge on any atom is -0.445 e. The maximum atomic E-state index is 12.4. The topological polar surface area (TPSA) is 99.0 Å². The third-order valence-corrected chi connectivity index (χ3v) is 11.2. The summed E-state index contributed by atoms with van der Waals surface area (Å²) in [5, 5.41) is 23.9. The second-order valence-corrected chi connectivity index (χ2v) is 13.4. The van der Waals surface area contributed by atoms with Crippen LogP contribution in [0, 0.1) is 0 Å². The lowest BCUT2D eigenvalue weighted by molar-refractivity contribution is 0.0533. The summed E-state index contributed by atoms with van der Waals surface area (Å²) in [4.78, 5) is 24.7. The minimum absolute atomic E-state index is 0.106. The number of rotatable bonds is 11. The fraction of sp³-hybridized carbons (Fsp3) is 0.321. The van der Waals surface area contributed by atoms with E-state index < -0.39 is 38.2 Å². The number of nitrogens with one attached hydrogen (secondary N) is 1. The highest BCUT2D eigenvalue weighted by molar-refractivity contribution is 6.98. The highest BCUT2D eigenvalue weighted by Gasteiger charge is 2.49. The maximum Gasteiger partial charge on any atom is 0.407 e. The molecule has 1 amide bonds. The van der Waals surface area contributed by atoms with Gasteiger partial charge in [0.2, 0.25) is 0 Å². The van der Waals surface area contributed by atoms with Crippen LogP contribution in [0.1, 0.15) is 32.3 Å². The standard InChI is InChI=1S/C28H35NO5Si/c1-28(2,35(33,23-14-8-4-9-15-23)24-16-10-5-11-17-24)19-18-25(26(31)20-30)29-27(32)34-21-22-12-6-3-7-13-22/h3-17,25-26,30-31,33H,18-21H2,1-2H3,(H,29,32)/t25-,26-/m1/s1. The molecule has 0 aliphatic carbocycles. The number of carbonyl (C=O) groups is 1. The van der Waals surface area contributed by atoms with Crippen LogP contribution in [0.5, 0.6) is 0 Å². The predicted molar refractivity (Wildman–Crippen MR) is 140 cm³/mol. The molecule has 7 heteroatoms. The molecule has 0 unspecified atom stereocenters. The molecule has 3 rings (SSSR count). The molecule has 0 saturated heterocycles. The van der Waals surface area contributed by atoms with Crippen molar-refractivity contribution in [2.75, 3.05) is 6.61 Å². The van der Waals surface area contributed by atoms with Gasteiger partial charge in [-0.05, 0) is 33.8 Å². The van der Waals surface area contributed by atoms with Gasteiger partial charge in [0.25, 0.3) is 8.32 Å². The van der Waals surface area contributed by atoms with Gasteiger partial charge in [0.05, 0.1) is 18.8 Å². The summed E-state index contributed by atoms with van der Waals surface area (Å²) in [6.45, 7) is 3.66.